The van der Waals surface area contributed by atoms with Gasteiger partial charge >= 0.3 is 0 Å². The van der Waals surface area contributed by atoms with Crippen molar-refractivity contribution in [1.82, 2.24) is 10.3 Å². The van der Waals surface area contributed by atoms with Crippen LogP contribution in [0.2, 0.25) is 0 Å². The van der Waals surface area contributed by atoms with Crippen molar-refractivity contribution < 1.29 is 4.42 Å². The SMILES string of the molecule is Cc1ccc(CNC(=S)Nc2ccc(N3CCCc4ccccc43)nc2)o1. The third kappa shape index (κ3) is 4.11. The molecule has 6 heteroatoms. The summed E-state index contributed by atoms with van der Waals surface area (Å²) in [6.45, 7) is 3.46. The Balaban J connectivity index is 1.38. The second kappa shape index (κ2) is 7.80. The summed E-state index contributed by atoms with van der Waals surface area (Å²) in [5.74, 6) is 2.70. The fourth-order valence-electron chi connectivity index (χ4n) is 3.31. The van der Waals surface area contributed by atoms with Crippen LogP contribution in [-0.4, -0.2) is 16.6 Å². The minimum atomic E-state index is 0.543. The highest BCUT2D eigenvalue weighted by molar-refractivity contribution is 7.80. The summed E-state index contributed by atoms with van der Waals surface area (Å²) >= 11 is 5.35. The molecule has 0 saturated heterocycles. The summed E-state index contributed by atoms with van der Waals surface area (Å²) in [5.41, 5.74) is 3.49. The van der Waals surface area contributed by atoms with E-state index in [-0.39, 0.29) is 0 Å². The Bertz CT molecular complexity index is 935. The van der Waals surface area contributed by atoms with E-state index in [0.29, 0.717) is 11.7 Å². The third-order valence-electron chi connectivity index (χ3n) is 4.61. The van der Waals surface area contributed by atoms with Gasteiger partial charge in [-0.15, -0.1) is 0 Å². The number of pyridine rings is 1. The van der Waals surface area contributed by atoms with Crippen LogP contribution in [-0.2, 0) is 13.0 Å². The van der Waals surface area contributed by atoms with Gasteiger partial charge in [-0.3, -0.25) is 0 Å². The molecule has 0 spiro atoms. The molecule has 1 aromatic carbocycles. The lowest BCUT2D eigenvalue weighted by Gasteiger charge is -2.30. The van der Waals surface area contributed by atoms with E-state index in [4.69, 9.17) is 16.6 Å². The lowest BCUT2D eigenvalue weighted by Crippen LogP contribution is -2.28. The molecule has 0 atom stereocenters. The van der Waals surface area contributed by atoms with E-state index >= 15 is 0 Å². The van der Waals surface area contributed by atoms with Crippen LogP contribution < -0.4 is 15.5 Å². The minimum Gasteiger partial charge on any atom is -0.465 e. The molecule has 2 aromatic heterocycles. The summed E-state index contributed by atoms with van der Waals surface area (Å²) in [6, 6.07) is 16.5. The Morgan fingerprint density at radius 2 is 2.07 bits per heavy atom. The van der Waals surface area contributed by atoms with Crippen molar-refractivity contribution in [2.45, 2.75) is 26.3 Å². The zero-order chi connectivity index (χ0) is 18.6. The van der Waals surface area contributed by atoms with Crippen molar-refractivity contribution in [3.8, 4) is 0 Å². The number of furan rings is 1. The van der Waals surface area contributed by atoms with Crippen LogP contribution in [0.15, 0.2) is 59.1 Å². The molecule has 0 aliphatic carbocycles. The topological polar surface area (TPSA) is 53.3 Å². The van der Waals surface area contributed by atoms with E-state index < -0.39 is 0 Å². The van der Waals surface area contributed by atoms with Crippen LogP contribution in [0.1, 0.15) is 23.5 Å². The van der Waals surface area contributed by atoms with Crippen LogP contribution in [0.25, 0.3) is 0 Å². The van der Waals surface area contributed by atoms with Crippen molar-refractivity contribution in [2.75, 3.05) is 16.8 Å². The number of thiocarbonyl (C=S) groups is 1. The van der Waals surface area contributed by atoms with E-state index in [0.717, 1.165) is 42.4 Å². The first-order valence-corrected chi connectivity index (χ1v) is 9.51. The fraction of sp³-hybridized carbons (Fsp3) is 0.238. The van der Waals surface area contributed by atoms with Gasteiger partial charge in [0.25, 0.3) is 0 Å². The molecule has 0 unspecified atom stereocenters. The first kappa shape index (κ1) is 17.5. The van der Waals surface area contributed by atoms with Gasteiger partial charge in [-0.2, -0.15) is 0 Å². The molecule has 1 aliphatic heterocycles. The number of rotatable bonds is 4. The van der Waals surface area contributed by atoms with Gasteiger partial charge in [-0.1, -0.05) is 18.2 Å². The normalized spacial score (nSPS) is 13.1. The van der Waals surface area contributed by atoms with Crippen molar-refractivity contribution >= 4 is 34.5 Å². The molecule has 0 amide bonds. The zero-order valence-corrected chi connectivity index (χ0v) is 16.1. The second-order valence-electron chi connectivity index (χ2n) is 6.61. The van der Waals surface area contributed by atoms with Gasteiger partial charge in [0.15, 0.2) is 5.11 Å². The quantitative estimate of drug-likeness (QED) is 0.650. The second-order valence-corrected chi connectivity index (χ2v) is 7.02. The molecule has 0 bridgehead atoms. The molecule has 2 N–H and O–H groups in total. The Morgan fingerprint density at radius 3 is 2.85 bits per heavy atom. The van der Waals surface area contributed by atoms with E-state index in [2.05, 4.69) is 44.8 Å². The van der Waals surface area contributed by atoms with E-state index in [1.54, 1.807) is 0 Å². The Kier molecular flexibility index (Phi) is 5.07. The zero-order valence-electron chi connectivity index (χ0n) is 15.2. The predicted octanol–water partition coefficient (Wildman–Crippen LogP) is 4.55. The lowest BCUT2D eigenvalue weighted by molar-refractivity contribution is 0.478. The Morgan fingerprint density at radius 1 is 1.19 bits per heavy atom. The van der Waals surface area contributed by atoms with Crippen LogP contribution in [0.3, 0.4) is 0 Å². The molecule has 0 saturated carbocycles. The monoisotopic (exact) mass is 378 g/mol. The molecular weight excluding hydrogens is 356 g/mol. The highest BCUT2D eigenvalue weighted by Crippen LogP contribution is 2.32. The number of aromatic nitrogens is 1. The number of para-hydroxylation sites is 1. The first-order valence-electron chi connectivity index (χ1n) is 9.11. The van der Waals surface area contributed by atoms with E-state index in [9.17, 15) is 0 Å². The van der Waals surface area contributed by atoms with Gasteiger partial charge in [-0.25, -0.2) is 4.98 Å². The average molecular weight is 379 g/mol. The van der Waals surface area contributed by atoms with Gasteiger partial charge in [0.1, 0.15) is 17.3 Å². The van der Waals surface area contributed by atoms with Crippen molar-refractivity contribution in [2.24, 2.45) is 0 Å². The van der Waals surface area contributed by atoms with Gasteiger partial charge < -0.3 is 20.0 Å². The van der Waals surface area contributed by atoms with Gasteiger partial charge in [0.2, 0.25) is 0 Å². The number of nitrogens with one attached hydrogen (secondary N) is 2. The molecule has 138 valence electrons. The summed E-state index contributed by atoms with van der Waals surface area (Å²) in [7, 11) is 0. The lowest BCUT2D eigenvalue weighted by atomic mass is 10.0. The summed E-state index contributed by atoms with van der Waals surface area (Å²) in [6.07, 6.45) is 4.08. The largest absolute Gasteiger partial charge is 0.465 e. The van der Waals surface area contributed by atoms with Crippen molar-refractivity contribution in [3.63, 3.8) is 0 Å². The van der Waals surface area contributed by atoms with Crippen molar-refractivity contribution in [1.29, 1.82) is 0 Å². The standard InChI is InChI=1S/C21H22N4OS/c1-15-8-10-18(26-15)14-23-21(27)24-17-9-11-20(22-13-17)25-12-4-6-16-5-2-3-7-19(16)25/h2-3,5,7-11,13H,4,6,12,14H2,1H3,(H2,23,24,27). The van der Waals surface area contributed by atoms with Crippen molar-refractivity contribution in [3.05, 3.63) is 71.8 Å². The average Bonchev–Trinajstić information content (AvgIpc) is 3.12. The van der Waals surface area contributed by atoms with Gasteiger partial charge in [0, 0.05) is 12.2 Å². The van der Waals surface area contributed by atoms with Gasteiger partial charge in [0.05, 0.1) is 18.4 Å². The molecular formula is C21H22N4OS. The maximum Gasteiger partial charge on any atom is 0.171 e. The molecule has 0 fully saturated rings. The summed E-state index contributed by atoms with van der Waals surface area (Å²) < 4.78 is 5.53. The number of benzene rings is 1. The number of hydrogen-bond acceptors (Lipinski definition) is 4. The highest BCUT2D eigenvalue weighted by atomic mass is 32.1. The Hall–Kier alpha value is -2.86. The van der Waals surface area contributed by atoms with Crippen LogP contribution in [0, 0.1) is 6.92 Å². The van der Waals surface area contributed by atoms with E-state index in [1.165, 1.54) is 11.3 Å². The number of anilines is 3. The summed E-state index contributed by atoms with van der Waals surface area (Å²) in [5, 5.41) is 6.85. The number of hydrogen-bond donors (Lipinski definition) is 2. The maximum atomic E-state index is 5.53. The highest BCUT2D eigenvalue weighted by Gasteiger charge is 2.18. The Labute approximate surface area is 164 Å². The first-order chi connectivity index (χ1) is 13.2. The molecule has 27 heavy (non-hydrogen) atoms. The molecule has 3 aromatic rings. The predicted molar refractivity (Wildman–Crippen MR) is 113 cm³/mol. The fourth-order valence-corrected chi connectivity index (χ4v) is 3.50. The minimum absolute atomic E-state index is 0.543. The van der Waals surface area contributed by atoms with Gasteiger partial charge in [-0.05, 0) is 67.9 Å². The smallest absolute Gasteiger partial charge is 0.171 e. The molecule has 0 radical (unpaired) electrons. The molecule has 1 aliphatic rings. The third-order valence-corrected chi connectivity index (χ3v) is 4.86. The molecule has 4 rings (SSSR count). The van der Waals surface area contributed by atoms with Crippen LogP contribution in [0.5, 0.6) is 0 Å². The number of aryl methyl sites for hydroxylation is 2. The molecule has 5 nitrogen and oxygen atoms in total. The number of nitrogens with zero attached hydrogens (tertiary/aromatic N) is 2. The van der Waals surface area contributed by atoms with Crippen LogP contribution in [0.4, 0.5) is 17.2 Å². The maximum absolute atomic E-state index is 5.53. The summed E-state index contributed by atoms with van der Waals surface area (Å²) in [4.78, 5) is 6.91. The van der Waals surface area contributed by atoms with Crippen LogP contribution >= 0.6 is 12.2 Å². The molecule has 3 heterocycles. The number of fused-ring (bicyclic) bond motifs is 1. The van der Waals surface area contributed by atoms with E-state index in [1.807, 2.05) is 37.4 Å².